The minimum absolute atomic E-state index is 0. The molecular formula is C19H19Cl3N2O3S. The minimum Gasteiger partial charge on any atom is -0.489 e. The molecule has 1 aliphatic rings. The zero-order valence-electron chi connectivity index (χ0n) is 14.8. The molecule has 0 bridgehead atoms. The molecule has 0 saturated carbocycles. The van der Waals surface area contributed by atoms with Gasteiger partial charge in [0.25, 0.3) is 10.0 Å². The lowest BCUT2D eigenvalue weighted by molar-refractivity contribution is 0.162. The largest absolute Gasteiger partial charge is 0.489 e. The summed E-state index contributed by atoms with van der Waals surface area (Å²) in [6.45, 7) is 1.74. The lowest BCUT2D eigenvalue weighted by Crippen LogP contribution is -2.34. The van der Waals surface area contributed by atoms with Crippen LogP contribution in [0.2, 0.25) is 10.0 Å². The topological polar surface area (TPSA) is 60.3 Å². The van der Waals surface area contributed by atoms with Crippen molar-refractivity contribution in [1.82, 2.24) is 9.29 Å². The van der Waals surface area contributed by atoms with Gasteiger partial charge >= 0.3 is 0 Å². The Morgan fingerprint density at radius 2 is 1.79 bits per heavy atom. The predicted octanol–water partition coefficient (Wildman–Crippen LogP) is 4.74. The molecule has 0 atom stereocenters. The minimum atomic E-state index is -3.81. The molecule has 28 heavy (non-hydrogen) atoms. The maximum Gasteiger partial charge on any atom is 0.268 e. The second kappa shape index (κ2) is 8.51. The number of halogens is 3. The molecule has 2 aromatic carbocycles. The zero-order chi connectivity index (χ0) is 19.0. The molecule has 0 radical (unpaired) electrons. The molecule has 3 aromatic rings. The van der Waals surface area contributed by atoms with E-state index in [1.54, 1.807) is 30.3 Å². The van der Waals surface area contributed by atoms with Crippen LogP contribution in [0.4, 0.5) is 0 Å². The van der Waals surface area contributed by atoms with E-state index in [2.05, 4.69) is 5.32 Å². The standard InChI is InChI=1S/C19H18Cl2N2O3S.ClH/c20-14-2-1-13-7-10-23(18(13)11-14)27(24,25)16-3-4-17(21)19(12-16)26-15-5-8-22-9-6-15;/h1-4,7,10-12,15,22H,5-6,8-9H2;1H. The number of rotatable bonds is 4. The molecule has 150 valence electrons. The van der Waals surface area contributed by atoms with E-state index in [4.69, 9.17) is 27.9 Å². The molecule has 1 aromatic heterocycles. The van der Waals surface area contributed by atoms with Crippen molar-refractivity contribution in [3.63, 3.8) is 0 Å². The molecule has 9 heteroatoms. The summed E-state index contributed by atoms with van der Waals surface area (Å²) in [6.07, 6.45) is 3.26. The molecule has 2 heterocycles. The van der Waals surface area contributed by atoms with E-state index in [1.165, 1.54) is 22.3 Å². The number of nitrogens with one attached hydrogen (secondary N) is 1. The molecule has 0 unspecified atom stereocenters. The first-order chi connectivity index (χ1) is 12.9. The monoisotopic (exact) mass is 460 g/mol. The summed E-state index contributed by atoms with van der Waals surface area (Å²) in [7, 11) is -3.81. The van der Waals surface area contributed by atoms with E-state index < -0.39 is 10.0 Å². The summed E-state index contributed by atoms with van der Waals surface area (Å²) >= 11 is 12.3. The second-order valence-electron chi connectivity index (χ2n) is 6.48. The highest BCUT2D eigenvalue weighted by Gasteiger charge is 2.22. The van der Waals surface area contributed by atoms with E-state index in [0.29, 0.717) is 21.3 Å². The van der Waals surface area contributed by atoms with Crippen molar-refractivity contribution < 1.29 is 13.2 Å². The molecule has 0 amide bonds. The summed E-state index contributed by atoms with van der Waals surface area (Å²) in [5.74, 6) is 0.388. The van der Waals surface area contributed by atoms with Gasteiger partial charge < -0.3 is 10.1 Å². The van der Waals surface area contributed by atoms with Gasteiger partial charge in [-0.3, -0.25) is 0 Å². The van der Waals surface area contributed by atoms with Crippen molar-refractivity contribution in [2.24, 2.45) is 0 Å². The Bertz CT molecular complexity index is 1090. The lowest BCUT2D eigenvalue weighted by Gasteiger charge is -2.24. The van der Waals surface area contributed by atoms with E-state index in [9.17, 15) is 8.42 Å². The van der Waals surface area contributed by atoms with Crippen LogP contribution in [0.25, 0.3) is 10.9 Å². The zero-order valence-corrected chi connectivity index (χ0v) is 17.9. The average molecular weight is 462 g/mol. The number of ether oxygens (including phenoxy) is 1. The number of hydrogen-bond acceptors (Lipinski definition) is 4. The van der Waals surface area contributed by atoms with Gasteiger partial charge in [-0.1, -0.05) is 29.3 Å². The van der Waals surface area contributed by atoms with Crippen molar-refractivity contribution >= 4 is 56.5 Å². The molecular weight excluding hydrogens is 443 g/mol. The first kappa shape index (κ1) is 21.3. The van der Waals surface area contributed by atoms with Crippen LogP contribution in [-0.2, 0) is 10.0 Å². The molecule has 1 saturated heterocycles. The summed E-state index contributed by atoms with van der Waals surface area (Å²) < 4.78 is 33.6. The van der Waals surface area contributed by atoms with E-state index >= 15 is 0 Å². The van der Waals surface area contributed by atoms with Crippen molar-refractivity contribution in [2.45, 2.75) is 23.8 Å². The number of aromatic nitrogens is 1. The van der Waals surface area contributed by atoms with Crippen LogP contribution >= 0.6 is 35.6 Å². The fourth-order valence-electron chi connectivity index (χ4n) is 3.23. The molecule has 5 nitrogen and oxygen atoms in total. The van der Waals surface area contributed by atoms with Gasteiger partial charge in [-0.25, -0.2) is 12.4 Å². The third kappa shape index (κ3) is 4.11. The van der Waals surface area contributed by atoms with Gasteiger partial charge in [-0.15, -0.1) is 12.4 Å². The fraction of sp³-hybridized carbons (Fsp3) is 0.263. The number of nitrogens with zero attached hydrogens (tertiary/aromatic N) is 1. The molecule has 1 fully saturated rings. The highest BCUT2D eigenvalue weighted by atomic mass is 35.5. The normalized spacial score (nSPS) is 15.4. The van der Waals surface area contributed by atoms with E-state index in [0.717, 1.165) is 31.3 Å². The van der Waals surface area contributed by atoms with Crippen molar-refractivity contribution in [1.29, 1.82) is 0 Å². The molecule has 4 rings (SSSR count). The maximum absolute atomic E-state index is 13.2. The number of hydrogen-bond donors (Lipinski definition) is 1. The summed E-state index contributed by atoms with van der Waals surface area (Å²) in [6, 6.07) is 11.4. The Labute approximate surface area is 180 Å². The Hall–Kier alpha value is -1.44. The first-order valence-electron chi connectivity index (χ1n) is 8.64. The Morgan fingerprint density at radius 3 is 2.54 bits per heavy atom. The SMILES string of the molecule is Cl.O=S(=O)(c1ccc(Cl)c(OC2CCNCC2)c1)n1ccc2ccc(Cl)cc21. The third-order valence-corrected chi connectivity index (χ3v) is 6.89. The third-order valence-electron chi connectivity index (χ3n) is 4.66. The van der Waals surface area contributed by atoms with E-state index in [1.807, 2.05) is 0 Å². The van der Waals surface area contributed by atoms with Crippen molar-refractivity contribution in [2.75, 3.05) is 13.1 Å². The van der Waals surface area contributed by atoms with Gasteiger partial charge in [0.15, 0.2) is 0 Å². The van der Waals surface area contributed by atoms with Crippen molar-refractivity contribution in [3.8, 4) is 5.75 Å². The van der Waals surface area contributed by atoms with Crippen LogP contribution in [0.5, 0.6) is 5.75 Å². The van der Waals surface area contributed by atoms with Gasteiger partial charge in [0, 0.05) is 22.7 Å². The predicted molar refractivity (Wildman–Crippen MR) is 115 cm³/mol. The summed E-state index contributed by atoms with van der Waals surface area (Å²) in [5, 5.41) is 4.93. The second-order valence-corrected chi connectivity index (χ2v) is 9.14. The fourth-order valence-corrected chi connectivity index (χ4v) is 4.92. The lowest BCUT2D eigenvalue weighted by atomic mass is 10.1. The van der Waals surface area contributed by atoms with Crippen molar-refractivity contribution in [3.05, 3.63) is 58.7 Å². The maximum atomic E-state index is 13.2. The van der Waals surface area contributed by atoms with Crippen LogP contribution in [0.15, 0.2) is 53.6 Å². The van der Waals surface area contributed by atoms with Crippen LogP contribution in [0, 0.1) is 0 Å². The van der Waals surface area contributed by atoms with E-state index in [-0.39, 0.29) is 23.4 Å². The Kier molecular flexibility index (Phi) is 6.47. The van der Waals surface area contributed by atoms with Crippen LogP contribution in [-0.4, -0.2) is 31.6 Å². The summed E-state index contributed by atoms with van der Waals surface area (Å²) in [5.41, 5.74) is 0.526. The van der Waals surface area contributed by atoms with Gasteiger partial charge in [0.1, 0.15) is 11.9 Å². The number of fused-ring (bicyclic) bond motifs is 1. The number of piperidine rings is 1. The quantitative estimate of drug-likeness (QED) is 0.610. The van der Waals surface area contributed by atoms with Gasteiger partial charge in [-0.2, -0.15) is 0 Å². The van der Waals surface area contributed by atoms with Gasteiger partial charge in [-0.05, 0) is 56.3 Å². The van der Waals surface area contributed by atoms with Gasteiger partial charge in [0.2, 0.25) is 0 Å². The molecule has 1 aliphatic heterocycles. The smallest absolute Gasteiger partial charge is 0.268 e. The highest BCUT2D eigenvalue weighted by molar-refractivity contribution is 7.90. The molecule has 0 spiro atoms. The molecule has 0 aliphatic carbocycles. The summed E-state index contributed by atoms with van der Waals surface area (Å²) in [4.78, 5) is 0.119. The van der Waals surface area contributed by atoms with Crippen LogP contribution in [0.1, 0.15) is 12.8 Å². The first-order valence-corrected chi connectivity index (χ1v) is 10.8. The van der Waals surface area contributed by atoms with Gasteiger partial charge in [0.05, 0.1) is 15.4 Å². The number of benzene rings is 2. The Morgan fingerprint density at radius 1 is 1.04 bits per heavy atom. The molecule has 1 N–H and O–H groups in total. The van der Waals surface area contributed by atoms with Crippen LogP contribution < -0.4 is 10.1 Å². The Balaban J connectivity index is 0.00000225. The average Bonchev–Trinajstić information content (AvgIpc) is 3.08. The van der Waals surface area contributed by atoms with Crippen LogP contribution in [0.3, 0.4) is 0 Å². The highest BCUT2D eigenvalue weighted by Crippen LogP contribution is 2.32.